The van der Waals surface area contributed by atoms with E-state index in [1.807, 2.05) is 0 Å². The maximum absolute atomic E-state index is 4.80. The molecule has 1 aliphatic rings. The number of aromatic nitrogens is 1. The lowest BCUT2D eigenvalue weighted by Gasteiger charge is -2.33. The van der Waals surface area contributed by atoms with Crippen molar-refractivity contribution in [3.63, 3.8) is 0 Å². The smallest absolute Gasteiger partial charge is 0.128 e. The Labute approximate surface area is 117 Å². The molecule has 1 aromatic heterocycles. The Morgan fingerprint density at radius 1 is 1.37 bits per heavy atom. The Hall–Kier alpha value is -1.09. The van der Waals surface area contributed by atoms with E-state index in [1.165, 1.54) is 32.2 Å². The van der Waals surface area contributed by atoms with E-state index in [4.69, 9.17) is 4.98 Å². The average molecular weight is 261 g/mol. The zero-order valence-corrected chi connectivity index (χ0v) is 12.4. The van der Waals surface area contributed by atoms with E-state index in [9.17, 15) is 0 Å². The van der Waals surface area contributed by atoms with Crippen LogP contribution in [-0.2, 0) is 6.54 Å². The Kier molecular flexibility index (Phi) is 5.64. The molecule has 1 aliphatic heterocycles. The molecular weight excluding hydrogens is 234 g/mol. The van der Waals surface area contributed by atoms with Crippen molar-refractivity contribution in [1.29, 1.82) is 0 Å². The van der Waals surface area contributed by atoms with Gasteiger partial charge in [-0.3, -0.25) is 0 Å². The molecule has 0 aliphatic carbocycles. The summed E-state index contributed by atoms with van der Waals surface area (Å²) in [6.07, 6.45) is 5.14. The Bertz CT molecular complexity index is 378. The van der Waals surface area contributed by atoms with E-state index in [2.05, 4.69) is 42.3 Å². The van der Waals surface area contributed by atoms with Crippen LogP contribution in [0.1, 0.15) is 45.2 Å². The van der Waals surface area contributed by atoms with Crippen LogP contribution in [0.4, 0.5) is 5.82 Å². The predicted octanol–water partition coefficient (Wildman–Crippen LogP) is 3.21. The van der Waals surface area contributed by atoms with Gasteiger partial charge in [-0.05, 0) is 43.9 Å². The van der Waals surface area contributed by atoms with Crippen LogP contribution < -0.4 is 10.2 Å². The highest BCUT2D eigenvalue weighted by Gasteiger charge is 2.19. The zero-order chi connectivity index (χ0) is 13.5. The molecule has 3 heteroatoms. The van der Waals surface area contributed by atoms with Crippen molar-refractivity contribution in [3.8, 4) is 0 Å². The topological polar surface area (TPSA) is 28.2 Å². The van der Waals surface area contributed by atoms with Crippen molar-refractivity contribution in [3.05, 3.63) is 23.9 Å². The minimum Gasteiger partial charge on any atom is -0.356 e. The SMILES string of the molecule is CCCNCc1cccc(N2CCCC(CC)C2)n1. The number of rotatable bonds is 6. The molecule has 1 fully saturated rings. The summed E-state index contributed by atoms with van der Waals surface area (Å²) >= 11 is 0. The quantitative estimate of drug-likeness (QED) is 0.797. The molecule has 19 heavy (non-hydrogen) atoms. The first kappa shape index (κ1) is 14.3. The third kappa shape index (κ3) is 4.20. The summed E-state index contributed by atoms with van der Waals surface area (Å²) in [4.78, 5) is 7.26. The molecule has 2 rings (SSSR count). The first-order valence-corrected chi connectivity index (χ1v) is 7.75. The lowest BCUT2D eigenvalue weighted by atomic mass is 9.96. The number of nitrogens with zero attached hydrogens (tertiary/aromatic N) is 2. The second kappa shape index (κ2) is 7.49. The van der Waals surface area contributed by atoms with Gasteiger partial charge in [-0.1, -0.05) is 26.3 Å². The van der Waals surface area contributed by atoms with E-state index in [1.54, 1.807) is 0 Å². The molecule has 1 N–H and O–H groups in total. The first-order valence-electron chi connectivity index (χ1n) is 7.75. The third-order valence-electron chi connectivity index (χ3n) is 3.95. The van der Waals surface area contributed by atoms with Crippen molar-refractivity contribution in [1.82, 2.24) is 10.3 Å². The fraction of sp³-hybridized carbons (Fsp3) is 0.688. The minimum absolute atomic E-state index is 0.845. The molecule has 1 saturated heterocycles. The van der Waals surface area contributed by atoms with Gasteiger partial charge < -0.3 is 10.2 Å². The summed E-state index contributed by atoms with van der Waals surface area (Å²) < 4.78 is 0. The summed E-state index contributed by atoms with van der Waals surface area (Å²) in [6, 6.07) is 6.41. The van der Waals surface area contributed by atoms with Crippen LogP contribution >= 0.6 is 0 Å². The van der Waals surface area contributed by atoms with Crippen molar-refractivity contribution in [2.45, 2.75) is 46.1 Å². The van der Waals surface area contributed by atoms with Crippen LogP contribution in [0.3, 0.4) is 0 Å². The van der Waals surface area contributed by atoms with Gasteiger partial charge in [-0.2, -0.15) is 0 Å². The van der Waals surface area contributed by atoms with Gasteiger partial charge in [0.1, 0.15) is 5.82 Å². The van der Waals surface area contributed by atoms with E-state index >= 15 is 0 Å². The fourth-order valence-electron chi connectivity index (χ4n) is 2.74. The maximum atomic E-state index is 4.80. The number of anilines is 1. The van der Waals surface area contributed by atoms with Crippen LogP contribution in [0.25, 0.3) is 0 Å². The molecule has 0 amide bonds. The Morgan fingerprint density at radius 3 is 3.05 bits per heavy atom. The van der Waals surface area contributed by atoms with Crippen LogP contribution in [0.15, 0.2) is 18.2 Å². The highest BCUT2D eigenvalue weighted by atomic mass is 15.2. The van der Waals surface area contributed by atoms with Gasteiger partial charge in [0.25, 0.3) is 0 Å². The van der Waals surface area contributed by atoms with Crippen molar-refractivity contribution < 1.29 is 0 Å². The van der Waals surface area contributed by atoms with Crippen LogP contribution in [0.5, 0.6) is 0 Å². The van der Waals surface area contributed by atoms with Gasteiger partial charge in [0.2, 0.25) is 0 Å². The van der Waals surface area contributed by atoms with Gasteiger partial charge in [0.05, 0.1) is 5.69 Å². The van der Waals surface area contributed by atoms with Gasteiger partial charge in [0, 0.05) is 19.6 Å². The molecule has 1 unspecified atom stereocenters. The predicted molar refractivity (Wildman–Crippen MR) is 81.5 cm³/mol. The zero-order valence-electron chi connectivity index (χ0n) is 12.4. The second-order valence-electron chi connectivity index (χ2n) is 5.53. The van der Waals surface area contributed by atoms with Crippen molar-refractivity contribution in [2.24, 2.45) is 5.92 Å². The number of piperidine rings is 1. The van der Waals surface area contributed by atoms with E-state index in [0.717, 1.165) is 37.1 Å². The van der Waals surface area contributed by atoms with Gasteiger partial charge >= 0.3 is 0 Å². The lowest BCUT2D eigenvalue weighted by Crippen LogP contribution is -2.35. The van der Waals surface area contributed by atoms with Gasteiger partial charge in [0.15, 0.2) is 0 Å². The molecule has 0 saturated carbocycles. The molecule has 3 nitrogen and oxygen atoms in total. The molecule has 0 bridgehead atoms. The van der Waals surface area contributed by atoms with Crippen LogP contribution in [-0.4, -0.2) is 24.6 Å². The fourth-order valence-corrected chi connectivity index (χ4v) is 2.74. The average Bonchev–Trinajstić information content (AvgIpc) is 2.48. The third-order valence-corrected chi connectivity index (χ3v) is 3.95. The van der Waals surface area contributed by atoms with Crippen molar-refractivity contribution in [2.75, 3.05) is 24.5 Å². The largest absolute Gasteiger partial charge is 0.356 e. The highest BCUT2D eigenvalue weighted by Crippen LogP contribution is 2.23. The summed E-state index contributed by atoms with van der Waals surface area (Å²) in [5.41, 5.74) is 1.16. The number of pyridine rings is 1. The lowest BCUT2D eigenvalue weighted by molar-refractivity contribution is 0.403. The van der Waals surface area contributed by atoms with Crippen LogP contribution in [0, 0.1) is 5.92 Å². The number of hydrogen-bond acceptors (Lipinski definition) is 3. The molecule has 0 radical (unpaired) electrons. The van der Waals surface area contributed by atoms with Crippen molar-refractivity contribution >= 4 is 5.82 Å². The second-order valence-corrected chi connectivity index (χ2v) is 5.53. The standard InChI is InChI=1S/C16H27N3/c1-3-10-17-12-15-8-5-9-16(18-15)19-11-6-7-14(4-2)13-19/h5,8-9,14,17H,3-4,6-7,10-13H2,1-2H3. The monoisotopic (exact) mass is 261 g/mol. The number of hydrogen-bond donors (Lipinski definition) is 1. The normalized spacial score (nSPS) is 19.7. The summed E-state index contributed by atoms with van der Waals surface area (Å²) in [6.45, 7) is 8.77. The highest BCUT2D eigenvalue weighted by molar-refractivity contribution is 5.39. The van der Waals surface area contributed by atoms with Crippen LogP contribution in [0.2, 0.25) is 0 Å². The molecule has 1 atom stereocenters. The summed E-state index contributed by atoms with van der Waals surface area (Å²) in [5.74, 6) is 2.01. The summed E-state index contributed by atoms with van der Waals surface area (Å²) in [7, 11) is 0. The first-order chi connectivity index (χ1) is 9.33. The molecular formula is C16H27N3. The molecule has 0 aromatic carbocycles. The van der Waals surface area contributed by atoms with E-state index in [-0.39, 0.29) is 0 Å². The van der Waals surface area contributed by atoms with Gasteiger partial charge in [-0.25, -0.2) is 4.98 Å². The van der Waals surface area contributed by atoms with E-state index in [0.29, 0.717) is 0 Å². The summed E-state index contributed by atoms with van der Waals surface area (Å²) in [5, 5.41) is 3.42. The molecule has 106 valence electrons. The Morgan fingerprint density at radius 2 is 2.26 bits per heavy atom. The minimum atomic E-state index is 0.845. The molecule has 2 heterocycles. The van der Waals surface area contributed by atoms with E-state index < -0.39 is 0 Å². The van der Waals surface area contributed by atoms with Gasteiger partial charge in [-0.15, -0.1) is 0 Å². The number of nitrogens with one attached hydrogen (secondary N) is 1. The maximum Gasteiger partial charge on any atom is 0.128 e. The molecule has 0 spiro atoms. The Balaban J connectivity index is 1.97. The molecule has 1 aromatic rings.